The lowest BCUT2D eigenvalue weighted by molar-refractivity contribution is -0.309. The lowest BCUT2D eigenvalue weighted by Gasteiger charge is -2.44. The first-order chi connectivity index (χ1) is 26.0. The van der Waals surface area contributed by atoms with Crippen LogP contribution in [0, 0.1) is 0 Å². The van der Waals surface area contributed by atoms with Crippen molar-refractivity contribution in [1.29, 1.82) is 0 Å². The fourth-order valence-electron chi connectivity index (χ4n) is 5.95. The topological polar surface area (TPSA) is 199 Å². The van der Waals surface area contributed by atoms with Crippen LogP contribution in [0.1, 0.15) is 122 Å². The molecule has 1 saturated heterocycles. The Hall–Kier alpha value is -4.46. The largest absolute Gasteiger partial charge is 0.463 e. The van der Waals surface area contributed by atoms with E-state index in [4.69, 9.17) is 33.2 Å². The predicted molar refractivity (Wildman–Crippen MR) is 197 cm³/mol. The average Bonchev–Trinajstić information content (AvgIpc) is 3.12. The number of nitrogens with zero attached hydrogens (tertiary/aromatic N) is 3. The van der Waals surface area contributed by atoms with Gasteiger partial charge in [-0.2, -0.15) is 0 Å². The zero-order valence-electron chi connectivity index (χ0n) is 32.2. The highest BCUT2D eigenvalue weighted by Gasteiger charge is 2.53. The van der Waals surface area contributed by atoms with Crippen LogP contribution in [0.2, 0.25) is 0 Å². The molecule has 1 aromatic rings. The third-order valence-electron chi connectivity index (χ3n) is 8.51. The number of carbonyl (C=O) groups is 5. The van der Waals surface area contributed by atoms with Crippen LogP contribution in [0.4, 0.5) is 0 Å². The summed E-state index contributed by atoms with van der Waals surface area (Å²) in [6.07, 6.45) is 9.26. The summed E-state index contributed by atoms with van der Waals surface area (Å²) in [5, 5.41) is 3.86. The van der Waals surface area contributed by atoms with Gasteiger partial charge in [0.05, 0.1) is 12.2 Å². The molecule has 0 unspecified atom stereocenters. The minimum atomic E-state index is -1.52. The molecule has 300 valence electrons. The molecule has 1 heterocycles. The number of rotatable bonds is 25. The minimum Gasteiger partial charge on any atom is -0.463 e. The summed E-state index contributed by atoms with van der Waals surface area (Å²) in [6.45, 7) is 5.82. The van der Waals surface area contributed by atoms with E-state index in [0.29, 0.717) is 6.42 Å². The van der Waals surface area contributed by atoms with E-state index >= 15 is 0 Å². The molecule has 0 aromatic heterocycles. The summed E-state index contributed by atoms with van der Waals surface area (Å²) in [4.78, 5) is 64.3. The summed E-state index contributed by atoms with van der Waals surface area (Å²) in [6, 6.07) is 7.16. The highest BCUT2D eigenvalue weighted by Crippen LogP contribution is 2.30. The fourth-order valence-corrected chi connectivity index (χ4v) is 5.95. The molecule has 1 aromatic carbocycles. The highest BCUT2D eigenvalue weighted by atomic mass is 16.7. The lowest BCUT2D eigenvalue weighted by atomic mass is 9.98. The Labute approximate surface area is 318 Å². The first kappa shape index (κ1) is 45.7. The molecule has 0 amide bonds. The molecule has 15 nitrogen and oxygen atoms in total. The fraction of sp³-hybridized carbons (Fsp3) is 0.667. The lowest BCUT2D eigenvalue weighted by Crippen LogP contribution is -2.63. The Kier molecular flexibility index (Phi) is 22.3. The van der Waals surface area contributed by atoms with Crippen molar-refractivity contribution < 1.29 is 57.1 Å². The van der Waals surface area contributed by atoms with Crippen LogP contribution in [0.5, 0.6) is 0 Å². The van der Waals surface area contributed by atoms with Gasteiger partial charge < -0.3 is 33.2 Å². The Morgan fingerprint density at radius 2 is 1.33 bits per heavy atom. The van der Waals surface area contributed by atoms with Crippen LogP contribution < -0.4 is 0 Å². The number of azide groups is 1. The first-order valence-electron chi connectivity index (χ1n) is 18.9. The third-order valence-corrected chi connectivity index (χ3v) is 8.51. The monoisotopic (exact) mass is 759 g/mol. The van der Waals surface area contributed by atoms with Crippen LogP contribution in [0.3, 0.4) is 0 Å². The van der Waals surface area contributed by atoms with Gasteiger partial charge in [0.2, 0.25) is 0 Å². The smallest absolute Gasteiger partial charge is 0.338 e. The number of hydrogen-bond acceptors (Lipinski definition) is 13. The molecule has 0 aliphatic carbocycles. The van der Waals surface area contributed by atoms with Gasteiger partial charge in [-0.1, -0.05) is 101 Å². The molecule has 1 aliphatic heterocycles. The zero-order chi connectivity index (χ0) is 39.7. The van der Waals surface area contributed by atoms with Gasteiger partial charge in [0.1, 0.15) is 24.9 Å². The summed E-state index contributed by atoms with van der Waals surface area (Å²) in [5.41, 5.74) is 9.81. The molecule has 0 saturated carbocycles. The van der Waals surface area contributed by atoms with Crippen molar-refractivity contribution in [2.45, 2.75) is 155 Å². The number of esters is 5. The Morgan fingerprint density at radius 3 is 1.89 bits per heavy atom. The van der Waals surface area contributed by atoms with Crippen molar-refractivity contribution in [1.82, 2.24) is 0 Å². The van der Waals surface area contributed by atoms with Crippen LogP contribution in [-0.2, 0) is 52.3 Å². The quantitative estimate of drug-likeness (QED) is 0.0184. The number of unbranched alkanes of at least 4 members (excludes halogenated alkanes) is 11. The standard InChI is InChI=1S/C39H57N3O12/c1-6-7-8-9-10-11-12-13-14-15-16-17-21-24-33(53-38(47)31-22-19-18-20-23-31)32(41-42-40)25-49-39-37(52-30(5)46)36(51-29(4)45)35(50-28(3)44)34(54-39)26-48-27(2)43/h18-24,32-37,39H,6-17,25-26H2,1-5H3/t32-,33+,34+,35-,36-,37+,39-/m0/s1. The average molecular weight is 760 g/mol. The van der Waals surface area contributed by atoms with E-state index in [9.17, 15) is 29.5 Å². The second kappa shape index (κ2) is 26.3. The molecular formula is C39H57N3O12. The van der Waals surface area contributed by atoms with Crippen LogP contribution >= 0.6 is 0 Å². The third kappa shape index (κ3) is 18.0. The number of allylic oxidation sites excluding steroid dienone is 1. The maximum Gasteiger partial charge on any atom is 0.338 e. The maximum absolute atomic E-state index is 13.2. The Morgan fingerprint density at radius 1 is 0.778 bits per heavy atom. The molecule has 1 fully saturated rings. The van der Waals surface area contributed by atoms with E-state index in [2.05, 4.69) is 16.9 Å². The summed E-state index contributed by atoms with van der Waals surface area (Å²) >= 11 is 0. The van der Waals surface area contributed by atoms with Gasteiger partial charge in [-0.3, -0.25) is 19.2 Å². The van der Waals surface area contributed by atoms with Crippen molar-refractivity contribution in [3.8, 4) is 0 Å². The molecule has 0 radical (unpaired) electrons. The Balaban J connectivity index is 2.25. The van der Waals surface area contributed by atoms with E-state index < -0.39 is 85.9 Å². The molecule has 54 heavy (non-hydrogen) atoms. The van der Waals surface area contributed by atoms with Gasteiger partial charge in [0.15, 0.2) is 24.6 Å². The summed E-state index contributed by atoms with van der Waals surface area (Å²) in [7, 11) is 0. The van der Waals surface area contributed by atoms with E-state index in [1.807, 2.05) is 6.08 Å². The molecular weight excluding hydrogens is 702 g/mol. The van der Waals surface area contributed by atoms with Crippen molar-refractivity contribution in [3.63, 3.8) is 0 Å². The number of hydrogen-bond donors (Lipinski definition) is 0. The summed E-state index contributed by atoms with van der Waals surface area (Å²) in [5.74, 6) is -3.72. The van der Waals surface area contributed by atoms with E-state index in [-0.39, 0.29) is 5.56 Å². The molecule has 1 aliphatic rings. The zero-order valence-corrected chi connectivity index (χ0v) is 32.2. The second-order valence-corrected chi connectivity index (χ2v) is 13.2. The van der Waals surface area contributed by atoms with Crippen LogP contribution in [0.15, 0.2) is 47.6 Å². The van der Waals surface area contributed by atoms with Crippen molar-refractivity contribution in [2.75, 3.05) is 13.2 Å². The van der Waals surface area contributed by atoms with Gasteiger partial charge in [0.25, 0.3) is 0 Å². The molecule has 0 N–H and O–H groups in total. The predicted octanol–water partition coefficient (Wildman–Crippen LogP) is 7.25. The number of ether oxygens (including phenoxy) is 7. The van der Waals surface area contributed by atoms with Gasteiger partial charge in [0, 0.05) is 32.6 Å². The van der Waals surface area contributed by atoms with Crippen LogP contribution in [-0.4, -0.2) is 85.9 Å². The van der Waals surface area contributed by atoms with Crippen molar-refractivity contribution in [2.24, 2.45) is 5.11 Å². The first-order valence-corrected chi connectivity index (χ1v) is 18.9. The number of carbonyl (C=O) groups excluding carboxylic acids is 5. The molecule has 15 heteroatoms. The van der Waals surface area contributed by atoms with Gasteiger partial charge >= 0.3 is 29.8 Å². The van der Waals surface area contributed by atoms with Gasteiger partial charge in [-0.15, -0.1) is 0 Å². The molecule has 0 spiro atoms. The Bertz CT molecular complexity index is 1380. The molecule has 0 bridgehead atoms. The summed E-state index contributed by atoms with van der Waals surface area (Å²) < 4.78 is 39.3. The minimum absolute atomic E-state index is 0.279. The maximum atomic E-state index is 13.2. The second-order valence-electron chi connectivity index (χ2n) is 13.2. The SMILES string of the molecule is CCCCCCCCCCCCCC=C[C@@H](OC(=O)c1ccccc1)[C@H](CO[C@H]1O[C@H](COC(C)=O)[C@H](OC(C)=O)[C@H](OC(C)=O)[C@H]1OC(C)=O)N=[N+]=[N-]. The van der Waals surface area contributed by atoms with Crippen LogP contribution in [0.25, 0.3) is 10.4 Å². The molecule has 7 atom stereocenters. The normalized spacial score (nSPS) is 20.6. The van der Waals surface area contributed by atoms with E-state index in [1.165, 1.54) is 51.4 Å². The van der Waals surface area contributed by atoms with Crippen molar-refractivity contribution >= 4 is 29.8 Å². The number of benzene rings is 1. The van der Waals surface area contributed by atoms with E-state index in [0.717, 1.165) is 47.0 Å². The van der Waals surface area contributed by atoms with Gasteiger partial charge in [-0.25, -0.2) is 4.79 Å². The van der Waals surface area contributed by atoms with E-state index in [1.54, 1.807) is 36.4 Å². The van der Waals surface area contributed by atoms with Gasteiger partial charge in [-0.05, 0) is 36.6 Å². The molecule has 2 rings (SSSR count). The highest BCUT2D eigenvalue weighted by molar-refractivity contribution is 5.89. The van der Waals surface area contributed by atoms with Crippen molar-refractivity contribution in [3.05, 3.63) is 58.5 Å².